The molecule has 32 heavy (non-hydrogen) atoms. The van der Waals surface area contributed by atoms with E-state index in [1.165, 1.54) is 18.2 Å². The van der Waals surface area contributed by atoms with E-state index in [2.05, 4.69) is 17.4 Å². The third-order valence-corrected chi connectivity index (χ3v) is 5.49. The molecule has 164 valence electrons. The maximum atomic E-state index is 13.0. The molecular weight excluding hydrogens is 415 g/mol. The van der Waals surface area contributed by atoms with Crippen molar-refractivity contribution in [3.63, 3.8) is 0 Å². The van der Waals surface area contributed by atoms with Crippen LogP contribution in [-0.4, -0.2) is 19.2 Å². The van der Waals surface area contributed by atoms with Crippen LogP contribution in [0.2, 0.25) is 0 Å². The summed E-state index contributed by atoms with van der Waals surface area (Å²) in [6, 6.07) is 21.5. The van der Waals surface area contributed by atoms with Gasteiger partial charge in [0.25, 0.3) is 0 Å². The van der Waals surface area contributed by atoms with Gasteiger partial charge in [-0.25, -0.2) is 4.79 Å². The van der Waals surface area contributed by atoms with E-state index in [1.807, 2.05) is 36.4 Å². The molecule has 0 aromatic heterocycles. The molecule has 3 nitrogen and oxygen atoms in total. The normalized spacial score (nSPS) is 13.1. The summed E-state index contributed by atoms with van der Waals surface area (Å²) in [5, 5.41) is 2.65. The lowest BCUT2D eigenvalue weighted by molar-refractivity contribution is -0.137. The zero-order valence-corrected chi connectivity index (χ0v) is 17.2. The Morgan fingerprint density at radius 2 is 1.50 bits per heavy atom. The molecule has 0 radical (unpaired) electrons. The number of amides is 1. The van der Waals surface area contributed by atoms with Crippen molar-refractivity contribution in [2.24, 2.45) is 0 Å². The second-order valence-corrected chi connectivity index (χ2v) is 7.53. The largest absolute Gasteiger partial charge is 0.449 e. The highest BCUT2D eigenvalue weighted by Gasteiger charge is 2.32. The number of ether oxygens (including phenoxy) is 1. The molecule has 0 spiro atoms. The Morgan fingerprint density at radius 1 is 0.906 bits per heavy atom. The average Bonchev–Trinajstić information content (AvgIpc) is 3.11. The zero-order valence-electron chi connectivity index (χ0n) is 17.2. The van der Waals surface area contributed by atoms with Gasteiger partial charge in [0.15, 0.2) is 0 Å². The molecule has 0 saturated heterocycles. The number of carbonyl (C=O) groups excluding carboxylic acids is 1. The quantitative estimate of drug-likeness (QED) is 0.439. The summed E-state index contributed by atoms with van der Waals surface area (Å²) in [6.45, 7) is 0.482. The summed E-state index contributed by atoms with van der Waals surface area (Å²) >= 11 is 0. The van der Waals surface area contributed by atoms with Crippen molar-refractivity contribution in [2.75, 3.05) is 13.2 Å². The summed E-state index contributed by atoms with van der Waals surface area (Å²) in [5.74, 6) is -0.0214. The predicted molar refractivity (Wildman–Crippen MR) is 118 cm³/mol. The fourth-order valence-electron chi connectivity index (χ4n) is 4.02. The molecule has 0 unspecified atom stereocenters. The lowest BCUT2D eigenvalue weighted by atomic mass is 9.98. The molecule has 0 saturated carbocycles. The van der Waals surface area contributed by atoms with E-state index < -0.39 is 17.8 Å². The molecule has 4 rings (SSSR count). The van der Waals surface area contributed by atoms with Gasteiger partial charge in [-0.05, 0) is 40.3 Å². The average molecular weight is 437 g/mol. The third-order valence-electron chi connectivity index (χ3n) is 5.49. The van der Waals surface area contributed by atoms with Crippen LogP contribution in [-0.2, 0) is 10.9 Å². The van der Waals surface area contributed by atoms with Crippen molar-refractivity contribution < 1.29 is 22.7 Å². The first-order chi connectivity index (χ1) is 15.4. The highest BCUT2D eigenvalue weighted by atomic mass is 19.4. The number of halogens is 3. The maximum absolute atomic E-state index is 13.0. The fourth-order valence-corrected chi connectivity index (χ4v) is 4.02. The monoisotopic (exact) mass is 437 g/mol. The van der Waals surface area contributed by atoms with Crippen LogP contribution in [0.5, 0.6) is 0 Å². The summed E-state index contributed by atoms with van der Waals surface area (Å²) in [7, 11) is 0. The highest BCUT2D eigenvalue weighted by molar-refractivity contribution is 5.79. The lowest BCUT2D eigenvalue weighted by Gasteiger charge is -2.14. The minimum absolute atomic E-state index is 0.0214. The number of benzene rings is 3. The van der Waals surface area contributed by atoms with E-state index in [4.69, 9.17) is 4.74 Å². The Labute approximate surface area is 184 Å². The predicted octanol–water partition coefficient (Wildman–Crippen LogP) is 6.65. The summed E-state index contributed by atoms with van der Waals surface area (Å²) < 4.78 is 44.5. The summed E-state index contributed by atoms with van der Waals surface area (Å²) in [6.07, 6.45) is -1.54. The van der Waals surface area contributed by atoms with Crippen molar-refractivity contribution in [1.29, 1.82) is 0 Å². The van der Waals surface area contributed by atoms with Crippen LogP contribution < -0.4 is 5.32 Å². The second-order valence-electron chi connectivity index (χ2n) is 7.53. The van der Waals surface area contributed by atoms with E-state index in [0.717, 1.165) is 28.3 Å². The first kappa shape index (κ1) is 21.7. The van der Waals surface area contributed by atoms with Crippen LogP contribution >= 0.6 is 0 Å². The van der Waals surface area contributed by atoms with Gasteiger partial charge in [0.2, 0.25) is 0 Å². The molecule has 3 aromatic rings. The van der Waals surface area contributed by atoms with Crippen LogP contribution in [0.1, 0.15) is 34.6 Å². The van der Waals surface area contributed by atoms with Crippen LogP contribution in [0.4, 0.5) is 18.0 Å². The number of nitrogens with one attached hydrogen (secondary N) is 1. The minimum Gasteiger partial charge on any atom is -0.449 e. The van der Waals surface area contributed by atoms with Crippen molar-refractivity contribution in [2.45, 2.75) is 18.5 Å². The van der Waals surface area contributed by atoms with Gasteiger partial charge < -0.3 is 10.1 Å². The number of hydrogen-bond donors (Lipinski definition) is 1. The molecule has 0 atom stereocenters. The Bertz CT molecular complexity index is 1090. The molecule has 1 aliphatic rings. The lowest BCUT2D eigenvalue weighted by Crippen LogP contribution is -2.26. The van der Waals surface area contributed by atoms with Gasteiger partial charge in [-0.3, -0.25) is 0 Å². The van der Waals surface area contributed by atoms with Gasteiger partial charge in [-0.1, -0.05) is 78.9 Å². The third kappa shape index (κ3) is 4.69. The molecule has 3 aromatic carbocycles. The van der Waals surface area contributed by atoms with E-state index in [9.17, 15) is 18.0 Å². The number of carbonyl (C=O) groups is 1. The molecule has 1 aliphatic carbocycles. The van der Waals surface area contributed by atoms with Crippen LogP contribution in [0.3, 0.4) is 0 Å². The Hall–Kier alpha value is -3.54. The van der Waals surface area contributed by atoms with Crippen molar-refractivity contribution in [3.8, 4) is 11.1 Å². The molecule has 0 heterocycles. The molecular formula is C26H22F3NO2. The number of alkyl carbamates (subject to hydrolysis) is 1. The van der Waals surface area contributed by atoms with Gasteiger partial charge in [-0.2, -0.15) is 13.2 Å². The molecule has 1 N–H and O–H groups in total. The first-order valence-corrected chi connectivity index (χ1v) is 10.4. The van der Waals surface area contributed by atoms with E-state index in [-0.39, 0.29) is 24.6 Å². The fraction of sp³-hybridized carbons (Fsp3) is 0.192. The standard InChI is InChI=1S/C26H22F3NO2/c27-26(28,29)24-15-6-1-9-18(24)10-7-8-16-30-25(31)32-17-23-21-13-4-2-11-19(21)20-12-3-5-14-22(20)23/h1-7,9-15,23H,8,16-17H2,(H,30,31). The van der Waals surface area contributed by atoms with Gasteiger partial charge in [-0.15, -0.1) is 0 Å². The zero-order chi connectivity index (χ0) is 22.6. The minimum atomic E-state index is -4.40. The Kier molecular flexibility index (Phi) is 6.30. The van der Waals surface area contributed by atoms with Crippen molar-refractivity contribution in [1.82, 2.24) is 5.32 Å². The van der Waals surface area contributed by atoms with Crippen LogP contribution in [0.15, 0.2) is 78.9 Å². The number of fused-ring (bicyclic) bond motifs is 3. The van der Waals surface area contributed by atoms with E-state index >= 15 is 0 Å². The van der Waals surface area contributed by atoms with E-state index in [0.29, 0.717) is 6.42 Å². The molecule has 6 heteroatoms. The van der Waals surface area contributed by atoms with Crippen LogP contribution in [0.25, 0.3) is 17.2 Å². The van der Waals surface area contributed by atoms with Crippen LogP contribution in [0, 0.1) is 0 Å². The number of alkyl halides is 3. The van der Waals surface area contributed by atoms with Gasteiger partial charge in [0.1, 0.15) is 6.61 Å². The first-order valence-electron chi connectivity index (χ1n) is 10.4. The Morgan fingerprint density at radius 3 is 2.16 bits per heavy atom. The Balaban J connectivity index is 1.29. The topological polar surface area (TPSA) is 38.3 Å². The second kappa shape index (κ2) is 9.30. The summed E-state index contributed by atoms with van der Waals surface area (Å²) in [4.78, 5) is 12.1. The maximum Gasteiger partial charge on any atom is 0.416 e. The van der Waals surface area contributed by atoms with E-state index in [1.54, 1.807) is 12.1 Å². The number of hydrogen-bond acceptors (Lipinski definition) is 2. The van der Waals surface area contributed by atoms with Crippen molar-refractivity contribution in [3.05, 3.63) is 101 Å². The molecule has 1 amide bonds. The number of rotatable bonds is 6. The van der Waals surface area contributed by atoms with Gasteiger partial charge in [0, 0.05) is 12.5 Å². The summed E-state index contributed by atoms with van der Waals surface area (Å²) in [5.41, 5.74) is 3.99. The molecule has 0 fully saturated rings. The smallest absolute Gasteiger partial charge is 0.416 e. The van der Waals surface area contributed by atoms with Gasteiger partial charge in [0.05, 0.1) is 5.56 Å². The highest BCUT2D eigenvalue weighted by Crippen LogP contribution is 2.44. The SMILES string of the molecule is O=C(NCCC=Cc1ccccc1C(F)(F)F)OCC1c2ccccc2-c2ccccc21. The molecule has 0 aliphatic heterocycles. The van der Waals surface area contributed by atoms with Crippen molar-refractivity contribution >= 4 is 12.2 Å². The van der Waals surface area contributed by atoms with Gasteiger partial charge >= 0.3 is 12.3 Å². The molecule has 0 bridgehead atoms.